The van der Waals surface area contributed by atoms with E-state index < -0.39 is 5.97 Å². The molecule has 0 fully saturated rings. The van der Waals surface area contributed by atoms with Gasteiger partial charge in [-0.3, -0.25) is 0 Å². The number of hydrogen-bond acceptors (Lipinski definition) is 6. The molecule has 0 aromatic carbocycles. The third-order valence-electron chi connectivity index (χ3n) is 1.50. The molecule has 6 nitrogen and oxygen atoms in total. The smallest absolute Gasteiger partial charge is 0.394 e. The molecular formula is C9H13NO5. The van der Waals surface area contributed by atoms with E-state index in [4.69, 9.17) is 19.0 Å². The molecule has 0 bridgehead atoms. The first-order chi connectivity index (χ1) is 7.27. The Labute approximate surface area is 86.8 Å². The van der Waals surface area contributed by atoms with Gasteiger partial charge >= 0.3 is 12.0 Å². The molecule has 0 saturated heterocycles. The van der Waals surface area contributed by atoms with Crippen LogP contribution in [0.2, 0.25) is 0 Å². The minimum Gasteiger partial charge on any atom is -0.461 e. The molecule has 1 rings (SSSR count). The van der Waals surface area contributed by atoms with Gasteiger partial charge in [-0.1, -0.05) is 0 Å². The monoisotopic (exact) mass is 215 g/mol. The van der Waals surface area contributed by atoms with Crippen LogP contribution in [-0.4, -0.2) is 35.9 Å². The summed E-state index contributed by atoms with van der Waals surface area (Å²) in [6.07, 6.45) is 1.66. The van der Waals surface area contributed by atoms with Crippen molar-refractivity contribution in [3.63, 3.8) is 0 Å². The third kappa shape index (κ3) is 3.59. The molecule has 15 heavy (non-hydrogen) atoms. The van der Waals surface area contributed by atoms with Crippen molar-refractivity contribution >= 4 is 5.97 Å². The summed E-state index contributed by atoms with van der Waals surface area (Å²) in [5.74, 6) is -0.543. The Bertz CT molecular complexity index is 309. The molecule has 0 amide bonds. The van der Waals surface area contributed by atoms with Gasteiger partial charge in [0, 0.05) is 13.0 Å². The molecule has 0 spiro atoms. The Balaban J connectivity index is 2.45. The predicted octanol–water partition coefficient (Wildman–Crippen LogP) is 0.613. The van der Waals surface area contributed by atoms with Crippen molar-refractivity contribution in [1.29, 1.82) is 0 Å². The number of aliphatic hydroxyl groups excluding tert-OH is 1. The van der Waals surface area contributed by atoms with Gasteiger partial charge in [0.1, 0.15) is 6.26 Å². The maximum Gasteiger partial charge on any atom is 0.394 e. The summed E-state index contributed by atoms with van der Waals surface area (Å²) in [4.78, 5) is 14.9. The quantitative estimate of drug-likeness (QED) is 0.553. The Kier molecular flexibility index (Phi) is 4.62. The molecular weight excluding hydrogens is 202 g/mol. The lowest BCUT2D eigenvalue weighted by molar-refractivity contribution is 0.0519. The molecule has 0 aliphatic carbocycles. The van der Waals surface area contributed by atoms with Crippen molar-refractivity contribution in [2.45, 2.75) is 13.3 Å². The summed E-state index contributed by atoms with van der Waals surface area (Å²) in [5, 5.41) is 8.50. The zero-order chi connectivity index (χ0) is 11.1. The number of aromatic nitrogens is 1. The van der Waals surface area contributed by atoms with Crippen LogP contribution in [0, 0.1) is 0 Å². The van der Waals surface area contributed by atoms with E-state index >= 15 is 0 Å². The van der Waals surface area contributed by atoms with Crippen LogP contribution in [0.3, 0.4) is 0 Å². The maximum absolute atomic E-state index is 11.1. The lowest BCUT2D eigenvalue weighted by Gasteiger charge is -1.97. The molecule has 0 atom stereocenters. The lowest BCUT2D eigenvalue weighted by Crippen LogP contribution is -2.05. The fraction of sp³-hybridized carbons (Fsp3) is 0.556. The van der Waals surface area contributed by atoms with E-state index in [1.54, 1.807) is 6.92 Å². The van der Waals surface area contributed by atoms with Gasteiger partial charge in [-0.05, 0) is 6.92 Å². The number of carbonyl (C=O) groups excluding carboxylic acids is 1. The molecule has 0 aliphatic heterocycles. The van der Waals surface area contributed by atoms with Crippen molar-refractivity contribution in [1.82, 2.24) is 4.98 Å². The van der Waals surface area contributed by atoms with Gasteiger partial charge in [-0.25, -0.2) is 4.79 Å². The van der Waals surface area contributed by atoms with Crippen LogP contribution in [0.15, 0.2) is 10.7 Å². The van der Waals surface area contributed by atoms with Crippen molar-refractivity contribution < 1.29 is 23.8 Å². The fourth-order valence-corrected chi connectivity index (χ4v) is 0.846. The number of esters is 1. The van der Waals surface area contributed by atoms with Gasteiger partial charge in [0.05, 0.1) is 13.2 Å². The highest BCUT2D eigenvalue weighted by atomic mass is 16.6. The van der Waals surface area contributed by atoms with E-state index in [0.717, 1.165) is 0 Å². The van der Waals surface area contributed by atoms with Gasteiger partial charge < -0.3 is 19.0 Å². The summed E-state index contributed by atoms with van der Waals surface area (Å²) in [6.45, 7) is 2.31. The zero-order valence-electron chi connectivity index (χ0n) is 8.43. The molecule has 1 aromatic rings. The first-order valence-electron chi connectivity index (χ1n) is 4.64. The highest BCUT2D eigenvalue weighted by Gasteiger charge is 2.13. The fourth-order valence-electron chi connectivity index (χ4n) is 0.846. The Morgan fingerprint density at radius 2 is 2.47 bits per heavy atom. The summed E-state index contributed by atoms with van der Waals surface area (Å²) in [5.41, 5.74) is 0.0795. The van der Waals surface area contributed by atoms with E-state index in [2.05, 4.69) is 4.98 Å². The van der Waals surface area contributed by atoms with Gasteiger partial charge in [0.25, 0.3) is 0 Å². The molecule has 84 valence electrons. The zero-order valence-corrected chi connectivity index (χ0v) is 8.43. The molecule has 0 radical (unpaired) electrons. The van der Waals surface area contributed by atoms with Crippen LogP contribution < -0.4 is 4.74 Å². The molecule has 1 aromatic heterocycles. The second-order valence-corrected chi connectivity index (χ2v) is 2.64. The van der Waals surface area contributed by atoms with E-state index in [-0.39, 0.29) is 25.0 Å². The minimum atomic E-state index is -0.543. The molecule has 0 unspecified atom stereocenters. The van der Waals surface area contributed by atoms with E-state index in [9.17, 15) is 4.79 Å². The summed E-state index contributed by atoms with van der Waals surface area (Å²) in [7, 11) is 0. The SMILES string of the molecule is CCOC(=O)c1coc(OCCCO)n1. The highest BCUT2D eigenvalue weighted by molar-refractivity contribution is 5.86. The predicted molar refractivity (Wildman–Crippen MR) is 49.7 cm³/mol. The van der Waals surface area contributed by atoms with Crippen LogP contribution in [0.25, 0.3) is 0 Å². The standard InChI is InChI=1S/C9H13NO5/c1-2-13-8(12)7-6-15-9(10-7)14-5-3-4-11/h6,11H,2-5H2,1H3. The second kappa shape index (κ2) is 6.02. The number of rotatable bonds is 6. The number of nitrogens with zero attached hydrogens (tertiary/aromatic N) is 1. The van der Waals surface area contributed by atoms with Gasteiger partial charge in [0.2, 0.25) is 0 Å². The van der Waals surface area contributed by atoms with Crippen molar-refractivity contribution in [3.05, 3.63) is 12.0 Å². The molecule has 1 N–H and O–H groups in total. The lowest BCUT2D eigenvalue weighted by atomic mass is 10.5. The average molecular weight is 215 g/mol. The van der Waals surface area contributed by atoms with Gasteiger partial charge in [-0.2, -0.15) is 4.98 Å². The Morgan fingerprint density at radius 1 is 1.67 bits per heavy atom. The van der Waals surface area contributed by atoms with Gasteiger partial charge in [0.15, 0.2) is 5.69 Å². The minimum absolute atomic E-state index is 0.00602. The van der Waals surface area contributed by atoms with E-state index in [1.807, 2.05) is 0 Å². The highest BCUT2D eigenvalue weighted by Crippen LogP contribution is 2.11. The first-order valence-corrected chi connectivity index (χ1v) is 4.64. The normalized spacial score (nSPS) is 10.0. The average Bonchev–Trinajstić information content (AvgIpc) is 2.67. The van der Waals surface area contributed by atoms with Crippen molar-refractivity contribution in [2.24, 2.45) is 0 Å². The second-order valence-electron chi connectivity index (χ2n) is 2.64. The number of hydrogen-bond donors (Lipinski definition) is 1. The van der Waals surface area contributed by atoms with E-state index in [1.165, 1.54) is 6.26 Å². The summed E-state index contributed by atoms with van der Waals surface area (Å²) < 4.78 is 14.6. The largest absolute Gasteiger partial charge is 0.461 e. The van der Waals surface area contributed by atoms with Crippen LogP contribution >= 0.6 is 0 Å². The molecule has 6 heteroatoms. The molecule has 1 heterocycles. The third-order valence-corrected chi connectivity index (χ3v) is 1.50. The summed E-state index contributed by atoms with van der Waals surface area (Å²) >= 11 is 0. The van der Waals surface area contributed by atoms with Crippen molar-refractivity contribution in [3.8, 4) is 6.08 Å². The summed E-state index contributed by atoms with van der Waals surface area (Å²) in [6, 6.07) is 0. The van der Waals surface area contributed by atoms with Crippen molar-refractivity contribution in [2.75, 3.05) is 19.8 Å². The van der Waals surface area contributed by atoms with Crippen LogP contribution in [0.1, 0.15) is 23.8 Å². The van der Waals surface area contributed by atoms with Crippen LogP contribution in [0.5, 0.6) is 6.08 Å². The van der Waals surface area contributed by atoms with E-state index in [0.29, 0.717) is 13.0 Å². The Hall–Kier alpha value is -1.56. The van der Waals surface area contributed by atoms with Crippen LogP contribution in [-0.2, 0) is 4.74 Å². The van der Waals surface area contributed by atoms with Crippen LogP contribution in [0.4, 0.5) is 0 Å². The first kappa shape index (κ1) is 11.5. The Morgan fingerprint density at radius 3 is 3.13 bits per heavy atom. The topological polar surface area (TPSA) is 81.8 Å². The number of carbonyl (C=O) groups is 1. The van der Waals surface area contributed by atoms with Gasteiger partial charge in [-0.15, -0.1) is 0 Å². The molecule has 0 aliphatic rings. The number of oxazole rings is 1. The number of aliphatic hydroxyl groups is 1. The number of ether oxygens (including phenoxy) is 2. The molecule has 0 saturated carbocycles. The maximum atomic E-state index is 11.1.